The maximum absolute atomic E-state index is 12.9. The van der Waals surface area contributed by atoms with Gasteiger partial charge in [0, 0.05) is 22.2 Å². The summed E-state index contributed by atoms with van der Waals surface area (Å²) in [6.45, 7) is 4.25. The van der Waals surface area contributed by atoms with E-state index in [1.807, 2.05) is 61.7 Å². The van der Waals surface area contributed by atoms with Crippen LogP contribution >= 0.6 is 11.3 Å². The van der Waals surface area contributed by atoms with Crippen LogP contribution in [0, 0.1) is 6.92 Å². The van der Waals surface area contributed by atoms with Gasteiger partial charge in [-0.25, -0.2) is 13.4 Å². The zero-order chi connectivity index (χ0) is 21.8. The minimum Gasteiger partial charge on any atom is -0.494 e. The Bertz CT molecular complexity index is 1300. The summed E-state index contributed by atoms with van der Waals surface area (Å²) < 4.78 is 34.0. The van der Waals surface area contributed by atoms with Gasteiger partial charge in [0.05, 0.1) is 17.2 Å². The van der Waals surface area contributed by atoms with E-state index in [-0.39, 0.29) is 4.90 Å². The molecular weight excluding hydrogens is 428 g/mol. The van der Waals surface area contributed by atoms with E-state index in [9.17, 15) is 8.42 Å². The number of aryl methyl sites for hydroxylation is 1. The summed E-state index contributed by atoms with van der Waals surface area (Å²) in [6.07, 6.45) is 0. The third-order valence-corrected chi connectivity index (χ3v) is 6.96. The van der Waals surface area contributed by atoms with Crippen LogP contribution in [0.5, 0.6) is 5.75 Å². The first kappa shape index (κ1) is 21.1. The molecule has 0 spiro atoms. The first-order valence-electron chi connectivity index (χ1n) is 9.84. The molecule has 4 rings (SSSR count). The van der Waals surface area contributed by atoms with Crippen molar-refractivity contribution < 1.29 is 13.2 Å². The van der Waals surface area contributed by atoms with Gasteiger partial charge in [0.25, 0.3) is 10.0 Å². The van der Waals surface area contributed by atoms with Crippen molar-refractivity contribution in [3.8, 4) is 27.6 Å². The van der Waals surface area contributed by atoms with E-state index in [1.54, 1.807) is 41.7 Å². The van der Waals surface area contributed by atoms with Gasteiger partial charge in [-0.3, -0.25) is 4.72 Å². The predicted octanol–water partition coefficient (Wildman–Crippen LogP) is 5.99. The second-order valence-electron chi connectivity index (χ2n) is 6.95. The van der Waals surface area contributed by atoms with E-state index < -0.39 is 10.0 Å². The molecule has 4 aromatic rings. The maximum atomic E-state index is 12.9. The number of anilines is 1. The van der Waals surface area contributed by atoms with Crippen molar-refractivity contribution in [2.75, 3.05) is 11.3 Å². The number of hydrogen-bond acceptors (Lipinski definition) is 5. The third kappa shape index (κ3) is 4.78. The first-order valence-corrected chi connectivity index (χ1v) is 12.2. The van der Waals surface area contributed by atoms with Gasteiger partial charge in [0.2, 0.25) is 0 Å². The van der Waals surface area contributed by atoms with E-state index in [4.69, 9.17) is 9.72 Å². The molecule has 0 bridgehead atoms. The van der Waals surface area contributed by atoms with Gasteiger partial charge in [-0.15, -0.1) is 11.3 Å². The summed E-state index contributed by atoms with van der Waals surface area (Å²) in [5, 5.41) is 2.90. The standard InChI is InChI=1S/C24H22N2O3S2/c1-3-29-23-13-12-21(14-17(23)2)31(27,28)26-20-11-7-10-19(15-20)22-16-30-24(25-22)18-8-5-4-6-9-18/h4-16,26H,3H2,1-2H3. The fourth-order valence-corrected chi connectivity index (χ4v) is 5.15. The van der Waals surface area contributed by atoms with Crippen LogP contribution < -0.4 is 9.46 Å². The highest BCUT2D eigenvalue weighted by Gasteiger charge is 2.16. The first-order chi connectivity index (χ1) is 15.0. The van der Waals surface area contributed by atoms with Gasteiger partial charge in [-0.1, -0.05) is 42.5 Å². The quantitative estimate of drug-likeness (QED) is 0.376. The predicted molar refractivity (Wildman–Crippen MR) is 126 cm³/mol. The number of benzene rings is 3. The van der Waals surface area contributed by atoms with Gasteiger partial charge in [0.15, 0.2) is 0 Å². The lowest BCUT2D eigenvalue weighted by molar-refractivity contribution is 0.337. The van der Waals surface area contributed by atoms with Crippen LogP contribution in [0.15, 0.2) is 83.1 Å². The molecule has 1 N–H and O–H groups in total. The zero-order valence-electron chi connectivity index (χ0n) is 17.2. The molecular formula is C24H22N2O3S2. The molecule has 158 valence electrons. The van der Waals surface area contributed by atoms with E-state index in [0.29, 0.717) is 18.0 Å². The van der Waals surface area contributed by atoms with Crippen molar-refractivity contribution in [2.24, 2.45) is 0 Å². The molecule has 0 amide bonds. The van der Waals surface area contributed by atoms with Gasteiger partial charge >= 0.3 is 0 Å². The minimum absolute atomic E-state index is 0.193. The zero-order valence-corrected chi connectivity index (χ0v) is 18.8. The summed E-state index contributed by atoms with van der Waals surface area (Å²) in [5.74, 6) is 0.682. The number of hydrogen-bond donors (Lipinski definition) is 1. The Morgan fingerprint density at radius 2 is 1.74 bits per heavy atom. The van der Waals surface area contributed by atoms with Crippen LogP contribution in [0.25, 0.3) is 21.8 Å². The second kappa shape index (κ2) is 8.91. The molecule has 1 heterocycles. The number of rotatable bonds is 7. The molecule has 7 heteroatoms. The molecule has 0 saturated carbocycles. The summed E-state index contributed by atoms with van der Waals surface area (Å²) in [5.41, 5.74) is 3.97. The lowest BCUT2D eigenvalue weighted by Crippen LogP contribution is -2.13. The summed E-state index contributed by atoms with van der Waals surface area (Å²) in [4.78, 5) is 4.91. The van der Waals surface area contributed by atoms with Crippen molar-refractivity contribution in [2.45, 2.75) is 18.7 Å². The van der Waals surface area contributed by atoms with Crippen LogP contribution in [-0.2, 0) is 10.0 Å². The highest BCUT2D eigenvalue weighted by Crippen LogP contribution is 2.30. The Kier molecular flexibility index (Phi) is 6.06. The minimum atomic E-state index is -3.73. The number of aromatic nitrogens is 1. The smallest absolute Gasteiger partial charge is 0.261 e. The van der Waals surface area contributed by atoms with Gasteiger partial charge in [-0.2, -0.15) is 0 Å². The molecule has 0 saturated heterocycles. The maximum Gasteiger partial charge on any atom is 0.261 e. The Morgan fingerprint density at radius 3 is 2.48 bits per heavy atom. The number of nitrogens with one attached hydrogen (secondary N) is 1. The SMILES string of the molecule is CCOc1ccc(S(=O)(=O)Nc2cccc(-c3csc(-c4ccccc4)n3)c2)cc1C. The second-order valence-corrected chi connectivity index (χ2v) is 9.49. The molecule has 0 aliphatic heterocycles. The number of thiazole rings is 1. The number of nitrogens with zero attached hydrogens (tertiary/aromatic N) is 1. The van der Waals surface area contributed by atoms with Gasteiger partial charge < -0.3 is 4.74 Å². The lowest BCUT2D eigenvalue weighted by Gasteiger charge is -2.12. The summed E-state index contributed by atoms with van der Waals surface area (Å²) in [7, 11) is -3.73. The topological polar surface area (TPSA) is 68.3 Å². The molecule has 0 aliphatic rings. The molecule has 1 aromatic heterocycles. The Hall–Kier alpha value is -3.16. The normalized spacial score (nSPS) is 11.3. The van der Waals surface area contributed by atoms with E-state index in [2.05, 4.69) is 4.72 Å². The molecule has 5 nitrogen and oxygen atoms in total. The van der Waals surface area contributed by atoms with Crippen molar-refractivity contribution in [3.05, 3.63) is 83.7 Å². The fourth-order valence-electron chi connectivity index (χ4n) is 3.18. The Labute approximate surface area is 186 Å². The lowest BCUT2D eigenvalue weighted by atomic mass is 10.1. The van der Waals surface area contributed by atoms with Crippen LogP contribution in [0.1, 0.15) is 12.5 Å². The van der Waals surface area contributed by atoms with Crippen molar-refractivity contribution in [1.82, 2.24) is 4.98 Å². The van der Waals surface area contributed by atoms with Crippen molar-refractivity contribution in [1.29, 1.82) is 0 Å². The highest BCUT2D eigenvalue weighted by atomic mass is 32.2. The van der Waals surface area contributed by atoms with Crippen LogP contribution in [0.2, 0.25) is 0 Å². The Balaban J connectivity index is 1.58. The third-order valence-electron chi connectivity index (χ3n) is 4.69. The van der Waals surface area contributed by atoms with Crippen molar-refractivity contribution in [3.63, 3.8) is 0 Å². The molecule has 31 heavy (non-hydrogen) atoms. The number of sulfonamides is 1. The average Bonchev–Trinajstić information content (AvgIpc) is 3.26. The molecule has 3 aromatic carbocycles. The monoisotopic (exact) mass is 450 g/mol. The van der Waals surface area contributed by atoms with Crippen LogP contribution in [0.3, 0.4) is 0 Å². The molecule has 0 aliphatic carbocycles. The average molecular weight is 451 g/mol. The van der Waals surface area contributed by atoms with Crippen LogP contribution in [0.4, 0.5) is 5.69 Å². The Morgan fingerprint density at radius 1 is 0.968 bits per heavy atom. The van der Waals surface area contributed by atoms with Crippen molar-refractivity contribution >= 4 is 27.0 Å². The summed E-state index contributed by atoms with van der Waals surface area (Å²) >= 11 is 1.56. The van der Waals surface area contributed by atoms with Gasteiger partial charge in [0.1, 0.15) is 10.8 Å². The largest absolute Gasteiger partial charge is 0.494 e. The molecule has 0 fully saturated rings. The van der Waals surface area contributed by atoms with Gasteiger partial charge in [-0.05, 0) is 49.7 Å². The van der Waals surface area contributed by atoms with Crippen LogP contribution in [-0.4, -0.2) is 20.0 Å². The highest BCUT2D eigenvalue weighted by molar-refractivity contribution is 7.92. The molecule has 0 atom stereocenters. The molecule has 0 radical (unpaired) electrons. The number of ether oxygens (including phenoxy) is 1. The summed E-state index contributed by atoms with van der Waals surface area (Å²) in [6, 6.07) is 22.1. The van der Waals surface area contributed by atoms with E-state index in [0.717, 1.165) is 27.4 Å². The van der Waals surface area contributed by atoms with E-state index in [1.165, 1.54) is 0 Å². The fraction of sp³-hybridized carbons (Fsp3) is 0.125. The molecule has 0 unspecified atom stereocenters. The van der Waals surface area contributed by atoms with E-state index >= 15 is 0 Å².